The Kier molecular flexibility index (Phi) is 14.8. The summed E-state index contributed by atoms with van der Waals surface area (Å²) in [6, 6.07) is 46.8. The van der Waals surface area contributed by atoms with Crippen LogP contribution in [-0.4, -0.2) is 0 Å². The summed E-state index contributed by atoms with van der Waals surface area (Å²) in [5.74, 6) is 0. The molecule has 0 radical (unpaired) electrons. The van der Waals surface area contributed by atoms with Crippen molar-refractivity contribution >= 4 is 0 Å². The molecule has 0 saturated carbocycles. The van der Waals surface area contributed by atoms with Crippen LogP contribution in [0.4, 0.5) is 0 Å². The first-order valence-corrected chi connectivity index (χ1v) is 14.1. The molecule has 0 aliphatic heterocycles. The van der Waals surface area contributed by atoms with Crippen molar-refractivity contribution in [2.24, 2.45) is 0 Å². The van der Waals surface area contributed by atoms with Gasteiger partial charge in [0, 0.05) is 0 Å². The molecular formula is C39H46. The highest BCUT2D eigenvalue weighted by Crippen LogP contribution is 2.11. The Morgan fingerprint density at radius 3 is 0.718 bits per heavy atom. The first-order chi connectivity index (χ1) is 18.9. The molecule has 0 N–H and O–H groups in total. The molecule has 0 aliphatic carbocycles. The zero-order valence-electron chi connectivity index (χ0n) is 24.8. The predicted molar refractivity (Wildman–Crippen MR) is 173 cm³/mol. The Balaban J connectivity index is 0.000000193. The normalized spacial score (nSPS) is 9.59. The van der Waals surface area contributed by atoms with Gasteiger partial charge in [-0.25, -0.2) is 0 Å². The van der Waals surface area contributed by atoms with Crippen LogP contribution in [0.15, 0.2) is 133 Å². The highest BCUT2D eigenvalue weighted by atomic mass is 14.0. The van der Waals surface area contributed by atoms with Crippen LogP contribution in [0.1, 0.15) is 58.4 Å². The Morgan fingerprint density at radius 2 is 0.513 bits per heavy atom. The summed E-state index contributed by atoms with van der Waals surface area (Å²) < 4.78 is 0. The minimum atomic E-state index is 1.03. The Labute approximate surface area is 238 Å². The van der Waals surface area contributed by atoms with Gasteiger partial charge in [-0.15, -0.1) is 0 Å². The molecule has 0 aliphatic rings. The predicted octanol–water partition coefficient (Wildman–Crippen LogP) is 10.7. The Bertz CT molecular complexity index is 1150. The number of hydrogen-bond acceptors (Lipinski definition) is 0. The van der Waals surface area contributed by atoms with Gasteiger partial charge in [-0.3, -0.25) is 0 Å². The van der Waals surface area contributed by atoms with E-state index in [4.69, 9.17) is 0 Å². The maximum atomic E-state index is 2.20. The minimum Gasteiger partial charge on any atom is -0.0623 e. The fraction of sp³-hybridized carbons (Fsp3) is 0.231. The number of rotatable bonds is 4. The van der Waals surface area contributed by atoms with Gasteiger partial charge in [0.25, 0.3) is 0 Å². The van der Waals surface area contributed by atoms with E-state index in [1.54, 1.807) is 0 Å². The third kappa shape index (κ3) is 14.0. The molecule has 0 nitrogen and oxygen atoms in total. The van der Waals surface area contributed by atoms with Gasteiger partial charge in [0.1, 0.15) is 0 Å². The van der Waals surface area contributed by atoms with Gasteiger partial charge >= 0.3 is 0 Å². The molecule has 0 bridgehead atoms. The van der Waals surface area contributed by atoms with Gasteiger partial charge in [0.05, 0.1) is 0 Å². The zero-order chi connectivity index (χ0) is 28.3. The molecule has 0 atom stereocenters. The maximum Gasteiger partial charge on any atom is -0.00258 e. The summed E-state index contributed by atoms with van der Waals surface area (Å²) in [4.78, 5) is 0. The average Bonchev–Trinajstić information content (AvgIpc) is 2.98. The Morgan fingerprint density at radius 1 is 0.308 bits per heavy atom. The van der Waals surface area contributed by atoms with Crippen LogP contribution in [0.25, 0.3) is 0 Å². The molecule has 39 heavy (non-hydrogen) atoms. The van der Waals surface area contributed by atoms with Crippen LogP contribution in [-0.2, 0) is 19.3 Å². The average molecular weight is 515 g/mol. The second-order valence-corrected chi connectivity index (χ2v) is 9.98. The monoisotopic (exact) mass is 514 g/mol. The first-order valence-electron chi connectivity index (χ1n) is 14.1. The van der Waals surface area contributed by atoms with E-state index in [-0.39, 0.29) is 0 Å². The standard InChI is InChI=1S/C15H16.2C9H12.C6H6/c1-12-3-7-14(8-4-12)11-15-9-5-13(2)6-10-15;2*1-3-9-6-4-8(2)5-7-9;1-2-4-6-5-3-1/h3-10H,11H2,1-2H3;2*4-7H,3H2,1-2H3;1-6H. The molecule has 5 rings (SSSR count). The van der Waals surface area contributed by atoms with E-state index in [9.17, 15) is 0 Å². The topological polar surface area (TPSA) is 0 Å². The lowest BCUT2D eigenvalue weighted by molar-refractivity contribution is 1.14. The third-order valence-electron chi connectivity index (χ3n) is 6.37. The molecule has 5 aromatic rings. The third-order valence-corrected chi connectivity index (χ3v) is 6.37. The molecular weight excluding hydrogens is 468 g/mol. The summed E-state index contributed by atoms with van der Waals surface area (Å²) in [5.41, 5.74) is 10.9. The van der Waals surface area contributed by atoms with E-state index in [1.165, 1.54) is 44.5 Å². The van der Waals surface area contributed by atoms with Crippen LogP contribution >= 0.6 is 0 Å². The summed E-state index contributed by atoms with van der Waals surface area (Å²) >= 11 is 0. The van der Waals surface area contributed by atoms with Crippen molar-refractivity contribution in [2.75, 3.05) is 0 Å². The second kappa shape index (κ2) is 18.4. The molecule has 0 spiro atoms. The molecule has 0 heteroatoms. The van der Waals surface area contributed by atoms with Crippen molar-refractivity contribution in [2.45, 2.75) is 60.8 Å². The van der Waals surface area contributed by atoms with Crippen molar-refractivity contribution in [3.8, 4) is 0 Å². The van der Waals surface area contributed by atoms with E-state index in [0.717, 1.165) is 19.3 Å². The molecule has 0 unspecified atom stereocenters. The van der Waals surface area contributed by atoms with Gasteiger partial charge in [0.2, 0.25) is 0 Å². The lowest BCUT2D eigenvalue weighted by Crippen LogP contribution is -1.88. The van der Waals surface area contributed by atoms with Crippen LogP contribution < -0.4 is 0 Å². The lowest BCUT2D eigenvalue weighted by atomic mass is 10.0. The number of hydrogen-bond donors (Lipinski definition) is 0. The molecule has 0 saturated heterocycles. The summed E-state index contributed by atoms with van der Waals surface area (Å²) in [5, 5.41) is 0. The molecule has 0 heterocycles. The Hall–Kier alpha value is -3.90. The van der Waals surface area contributed by atoms with Gasteiger partial charge < -0.3 is 0 Å². The zero-order valence-corrected chi connectivity index (χ0v) is 24.8. The summed E-state index contributed by atoms with van der Waals surface area (Å²) in [7, 11) is 0. The van der Waals surface area contributed by atoms with Crippen LogP contribution in [0.5, 0.6) is 0 Å². The van der Waals surface area contributed by atoms with Crippen molar-refractivity contribution in [1.82, 2.24) is 0 Å². The quantitative estimate of drug-likeness (QED) is 0.224. The first kappa shape index (κ1) is 31.3. The van der Waals surface area contributed by atoms with E-state index in [0.29, 0.717) is 0 Å². The van der Waals surface area contributed by atoms with Gasteiger partial charge in [-0.1, -0.05) is 170 Å². The van der Waals surface area contributed by atoms with Crippen LogP contribution in [0.3, 0.4) is 0 Å². The van der Waals surface area contributed by atoms with E-state index < -0.39 is 0 Å². The van der Waals surface area contributed by atoms with Crippen molar-refractivity contribution in [3.63, 3.8) is 0 Å². The fourth-order valence-electron chi connectivity index (χ4n) is 3.68. The van der Waals surface area contributed by atoms with E-state index in [1.807, 2.05) is 36.4 Å². The van der Waals surface area contributed by atoms with Crippen LogP contribution in [0.2, 0.25) is 0 Å². The SMILES string of the molecule is CCc1ccc(C)cc1.CCc1ccc(C)cc1.Cc1ccc(Cc2ccc(C)cc2)cc1.c1ccccc1. The highest BCUT2D eigenvalue weighted by molar-refractivity contribution is 5.30. The fourth-order valence-corrected chi connectivity index (χ4v) is 3.68. The van der Waals surface area contributed by atoms with Gasteiger partial charge in [0.15, 0.2) is 0 Å². The van der Waals surface area contributed by atoms with E-state index in [2.05, 4.69) is 139 Å². The lowest BCUT2D eigenvalue weighted by Gasteiger charge is -2.03. The highest BCUT2D eigenvalue weighted by Gasteiger charge is 1.95. The van der Waals surface area contributed by atoms with Gasteiger partial charge in [-0.2, -0.15) is 0 Å². The molecule has 0 amide bonds. The number of aryl methyl sites for hydroxylation is 6. The molecule has 202 valence electrons. The minimum absolute atomic E-state index is 1.03. The van der Waals surface area contributed by atoms with Crippen molar-refractivity contribution in [1.29, 1.82) is 0 Å². The molecule has 0 aromatic heterocycles. The summed E-state index contributed by atoms with van der Waals surface area (Å²) in [6.45, 7) is 12.8. The number of benzene rings is 5. The summed E-state index contributed by atoms with van der Waals surface area (Å²) in [6.07, 6.45) is 3.31. The van der Waals surface area contributed by atoms with E-state index >= 15 is 0 Å². The second-order valence-electron chi connectivity index (χ2n) is 9.98. The van der Waals surface area contributed by atoms with Crippen LogP contribution in [0, 0.1) is 27.7 Å². The van der Waals surface area contributed by atoms with Crippen molar-refractivity contribution < 1.29 is 0 Å². The molecule has 5 aromatic carbocycles. The largest absolute Gasteiger partial charge is 0.0623 e. The smallest absolute Gasteiger partial charge is 0.00258 e. The maximum absolute atomic E-state index is 2.20. The van der Waals surface area contributed by atoms with Gasteiger partial charge in [-0.05, 0) is 69.2 Å². The van der Waals surface area contributed by atoms with Crippen molar-refractivity contribution in [3.05, 3.63) is 178 Å². The molecule has 0 fully saturated rings.